The Morgan fingerprint density at radius 2 is 1.89 bits per heavy atom. The second-order valence-corrected chi connectivity index (χ2v) is 7.91. The summed E-state index contributed by atoms with van der Waals surface area (Å²) in [7, 11) is 0. The van der Waals surface area contributed by atoms with Gasteiger partial charge in [0.15, 0.2) is 0 Å². The molecule has 4 rings (SSSR count). The maximum absolute atomic E-state index is 12.2. The van der Waals surface area contributed by atoms with E-state index in [2.05, 4.69) is 27.9 Å². The highest BCUT2D eigenvalue weighted by molar-refractivity contribution is 5.73. The van der Waals surface area contributed by atoms with E-state index in [1.165, 1.54) is 0 Å². The number of benzene rings is 1. The van der Waals surface area contributed by atoms with Crippen LogP contribution in [0.25, 0.3) is 0 Å². The number of likely N-dealkylation sites (tertiary alicyclic amines) is 1. The molecule has 0 atom stereocenters. The first-order valence-corrected chi connectivity index (χ1v) is 10.1. The first-order chi connectivity index (χ1) is 13.6. The zero-order chi connectivity index (χ0) is 19.6. The molecule has 0 aliphatic carbocycles. The van der Waals surface area contributed by atoms with Gasteiger partial charge in [-0.3, -0.25) is 9.69 Å². The molecule has 1 saturated heterocycles. The van der Waals surface area contributed by atoms with Crippen molar-refractivity contribution >= 4 is 5.91 Å². The number of hydrogen-bond acceptors (Lipinski definition) is 5. The summed E-state index contributed by atoms with van der Waals surface area (Å²) in [6.07, 6.45) is 6.54. The van der Waals surface area contributed by atoms with Gasteiger partial charge in [0.25, 0.3) is 0 Å². The van der Waals surface area contributed by atoms with Crippen molar-refractivity contribution in [2.24, 2.45) is 0 Å². The molecular weight excluding hydrogens is 352 g/mol. The van der Waals surface area contributed by atoms with Crippen LogP contribution >= 0.6 is 0 Å². The number of para-hydroxylation sites is 1. The highest BCUT2D eigenvalue weighted by Gasteiger charge is 2.41. The molecule has 3 heterocycles. The maximum Gasteiger partial charge on any atom is 0.219 e. The molecule has 2 aromatic rings. The van der Waals surface area contributed by atoms with Crippen LogP contribution in [0.3, 0.4) is 0 Å². The van der Waals surface area contributed by atoms with Gasteiger partial charge in [0.1, 0.15) is 17.2 Å². The summed E-state index contributed by atoms with van der Waals surface area (Å²) in [6.45, 7) is 7.71. The topological polar surface area (TPSA) is 58.6 Å². The van der Waals surface area contributed by atoms with Gasteiger partial charge in [-0.2, -0.15) is 0 Å². The minimum Gasteiger partial charge on any atom is -0.485 e. The third-order valence-electron chi connectivity index (χ3n) is 5.83. The summed E-state index contributed by atoms with van der Waals surface area (Å²) >= 11 is 0. The van der Waals surface area contributed by atoms with Gasteiger partial charge >= 0.3 is 0 Å². The lowest BCUT2D eigenvalue weighted by molar-refractivity contribution is -0.132. The largest absolute Gasteiger partial charge is 0.485 e. The van der Waals surface area contributed by atoms with Gasteiger partial charge < -0.3 is 9.64 Å². The van der Waals surface area contributed by atoms with E-state index in [1.54, 1.807) is 6.92 Å². The van der Waals surface area contributed by atoms with Gasteiger partial charge in [0, 0.05) is 75.9 Å². The van der Waals surface area contributed by atoms with Crippen molar-refractivity contribution in [3.8, 4) is 5.75 Å². The van der Waals surface area contributed by atoms with E-state index >= 15 is 0 Å². The lowest BCUT2D eigenvalue weighted by Gasteiger charge is -2.42. The van der Waals surface area contributed by atoms with E-state index < -0.39 is 0 Å². The number of carbonyl (C=O) groups is 1. The summed E-state index contributed by atoms with van der Waals surface area (Å²) in [5.41, 5.74) is 1.92. The summed E-state index contributed by atoms with van der Waals surface area (Å²) in [4.78, 5) is 25.4. The van der Waals surface area contributed by atoms with Crippen LogP contribution in [0.15, 0.2) is 36.7 Å². The predicted molar refractivity (Wildman–Crippen MR) is 107 cm³/mol. The van der Waals surface area contributed by atoms with Crippen molar-refractivity contribution in [2.75, 3.05) is 19.6 Å². The molecule has 28 heavy (non-hydrogen) atoms. The Morgan fingerprint density at radius 3 is 2.57 bits per heavy atom. The Labute approximate surface area is 166 Å². The van der Waals surface area contributed by atoms with Gasteiger partial charge in [-0.1, -0.05) is 25.1 Å². The Kier molecular flexibility index (Phi) is 5.31. The number of rotatable bonds is 3. The average molecular weight is 380 g/mol. The first kappa shape index (κ1) is 18.9. The highest BCUT2D eigenvalue weighted by atomic mass is 16.5. The standard InChI is InChI=1S/C22H28N4O2/c1-3-21-23-12-18(13-24-21)14-25-10-8-22(9-11-25)16-26(17(2)27)15-19-6-4-5-7-20(19)28-22/h4-7,12-13H,3,8-11,14-16H2,1-2H3. The van der Waals surface area contributed by atoms with Crippen LogP contribution in [0.5, 0.6) is 5.75 Å². The fraction of sp³-hybridized carbons (Fsp3) is 0.500. The van der Waals surface area contributed by atoms with Crippen LogP contribution in [-0.4, -0.2) is 50.9 Å². The molecule has 2 aliphatic heterocycles. The zero-order valence-electron chi connectivity index (χ0n) is 16.7. The Morgan fingerprint density at radius 1 is 1.18 bits per heavy atom. The number of ether oxygens (including phenoxy) is 1. The Balaban J connectivity index is 1.46. The number of nitrogens with zero attached hydrogens (tertiary/aromatic N) is 4. The van der Waals surface area contributed by atoms with Gasteiger partial charge in [-0.25, -0.2) is 9.97 Å². The summed E-state index contributed by atoms with van der Waals surface area (Å²) in [5, 5.41) is 0. The second kappa shape index (κ2) is 7.87. The molecule has 1 aromatic carbocycles. The molecule has 0 saturated carbocycles. The number of aromatic nitrogens is 2. The van der Waals surface area contributed by atoms with Crippen LogP contribution in [0.2, 0.25) is 0 Å². The van der Waals surface area contributed by atoms with E-state index in [1.807, 2.05) is 35.5 Å². The van der Waals surface area contributed by atoms with E-state index in [0.717, 1.165) is 61.6 Å². The second-order valence-electron chi connectivity index (χ2n) is 7.91. The van der Waals surface area contributed by atoms with Crippen molar-refractivity contribution in [2.45, 2.75) is 51.8 Å². The number of amides is 1. The van der Waals surface area contributed by atoms with Crippen LogP contribution in [0.1, 0.15) is 43.6 Å². The summed E-state index contributed by atoms with van der Waals surface area (Å²) in [6, 6.07) is 8.09. The number of hydrogen-bond donors (Lipinski definition) is 0. The van der Waals surface area contributed by atoms with E-state index in [0.29, 0.717) is 13.1 Å². The predicted octanol–water partition coefficient (Wildman–Crippen LogP) is 2.81. The van der Waals surface area contributed by atoms with Crippen molar-refractivity contribution in [3.63, 3.8) is 0 Å². The van der Waals surface area contributed by atoms with Crippen molar-refractivity contribution < 1.29 is 9.53 Å². The Hall–Kier alpha value is -2.47. The molecule has 0 unspecified atom stereocenters. The number of carbonyl (C=O) groups excluding carboxylic acids is 1. The molecule has 1 fully saturated rings. The molecule has 2 aliphatic rings. The van der Waals surface area contributed by atoms with Crippen molar-refractivity contribution in [1.29, 1.82) is 0 Å². The molecule has 1 spiro atoms. The van der Waals surface area contributed by atoms with Gasteiger partial charge in [-0.05, 0) is 6.07 Å². The zero-order valence-corrected chi connectivity index (χ0v) is 16.7. The van der Waals surface area contributed by atoms with Gasteiger partial charge in [-0.15, -0.1) is 0 Å². The number of fused-ring (bicyclic) bond motifs is 1. The van der Waals surface area contributed by atoms with E-state index in [4.69, 9.17) is 4.74 Å². The van der Waals surface area contributed by atoms with E-state index in [-0.39, 0.29) is 11.5 Å². The quantitative estimate of drug-likeness (QED) is 0.820. The smallest absolute Gasteiger partial charge is 0.219 e. The summed E-state index contributed by atoms with van der Waals surface area (Å²) in [5.74, 6) is 1.91. The lowest BCUT2D eigenvalue weighted by Crippen LogP contribution is -2.53. The highest BCUT2D eigenvalue weighted by Crippen LogP contribution is 2.35. The lowest BCUT2D eigenvalue weighted by atomic mass is 9.90. The third-order valence-corrected chi connectivity index (χ3v) is 5.83. The SMILES string of the molecule is CCc1ncc(CN2CCC3(CC2)CN(C(C)=O)Cc2ccccc2O3)cn1. The van der Waals surface area contributed by atoms with Gasteiger partial charge in [0.2, 0.25) is 5.91 Å². The number of aryl methyl sites for hydroxylation is 1. The first-order valence-electron chi connectivity index (χ1n) is 10.1. The van der Waals surface area contributed by atoms with Gasteiger partial charge in [0.05, 0.1) is 6.54 Å². The minimum absolute atomic E-state index is 0.107. The molecule has 6 nitrogen and oxygen atoms in total. The van der Waals surface area contributed by atoms with E-state index in [9.17, 15) is 4.79 Å². The molecular formula is C22H28N4O2. The average Bonchev–Trinajstić information content (AvgIpc) is 2.87. The maximum atomic E-state index is 12.2. The van der Waals surface area contributed by atoms with Crippen LogP contribution < -0.4 is 4.74 Å². The molecule has 6 heteroatoms. The molecule has 1 amide bonds. The minimum atomic E-state index is -0.308. The molecule has 0 N–H and O–H groups in total. The summed E-state index contributed by atoms with van der Waals surface area (Å²) < 4.78 is 6.55. The van der Waals surface area contributed by atoms with Crippen LogP contribution in [0, 0.1) is 0 Å². The normalized spacial score (nSPS) is 19.0. The molecule has 0 bridgehead atoms. The third kappa shape index (κ3) is 4.02. The molecule has 148 valence electrons. The van der Waals surface area contributed by atoms with Crippen LogP contribution in [-0.2, 0) is 24.3 Å². The van der Waals surface area contributed by atoms with Crippen molar-refractivity contribution in [1.82, 2.24) is 19.8 Å². The van der Waals surface area contributed by atoms with Crippen LogP contribution in [0.4, 0.5) is 0 Å². The van der Waals surface area contributed by atoms with Crippen molar-refractivity contribution in [3.05, 3.63) is 53.6 Å². The molecule has 0 radical (unpaired) electrons. The number of piperidine rings is 1. The fourth-order valence-electron chi connectivity index (χ4n) is 4.11. The Bertz CT molecular complexity index is 829. The monoisotopic (exact) mass is 380 g/mol. The fourth-order valence-corrected chi connectivity index (χ4v) is 4.11. The molecule has 1 aromatic heterocycles.